The molecule has 0 aliphatic heterocycles. The number of amides is 1. The Morgan fingerprint density at radius 2 is 2.33 bits per heavy atom. The molecule has 0 aromatic heterocycles. The molecule has 0 unspecified atom stereocenters. The SMILES string of the molecule is Cc1ccc(F)c(C(=O)NCCC#N)c1. The number of hydrogen-bond acceptors (Lipinski definition) is 2. The van der Waals surface area contributed by atoms with E-state index in [1.165, 1.54) is 12.1 Å². The van der Waals surface area contributed by atoms with E-state index in [9.17, 15) is 9.18 Å². The van der Waals surface area contributed by atoms with Gasteiger partial charge >= 0.3 is 0 Å². The van der Waals surface area contributed by atoms with Crippen LogP contribution >= 0.6 is 0 Å². The molecule has 4 heteroatoms. The van der Waals surface area contributed by atoms with Crippen LogP contribution in [0.15, 0.2) is 18.2 Å². The van der Waals surface area contributed by atoms with Gasteiger partial charge in [-0.1, -0.05) is 11.6 Å². The van der Waals surface area contributed by atoms with Crippen LogP contribution in [-0.2, 0) is 0 Å². The summed E-state index contributed by atoms with van der Waals surface area (Å²) in [4.78, 5) is 11.4. The monoisotopic (exact) mass is 206 g/mol. The minimum atomic E-state index is -0.546. The number of benzene rings is 1. The lowest BCUT2D eigenvalue weighted by molar-refractivity contribution is 0.0950. The predicted octanol–water partition coefficient (Wildman–Crippen LogP) is 1.78. The number of nitrogens with one attached hydrogen (secondary N) is 1. The van der Waals surface area contributed by atoms with E-state index in [0.29, 0.717) is 0 Å². The lowest BCUT2D eigenvalue weighted by Crippen LogP contribution is -2.25. The first-order valence-electron chi connectivity index (χ1n) is 4.56. The third-order valence-electron chi connectivity index (χ3n) is 1.89. The molecule has 0 atom stereocenters. The Kier molecular flexibility index (Phi) is 3.81. The number of hydrogen-bond donors (Lipinski definition) is 1. The third kappa shape index (κ3) is 3.06. The van der Waals surface area contributed by atoms with Crippen LogP contribution in [0.25, 0.3) is 0 Å². The van der Waals surface area contributed by atoms with Gasteiger partial charge in [-0.2, -0.15) is 5.26 Å². The smallest absolute Gasteiger partial charge is 0.254 e. The van der Waals surface area contributed by atoms with Crippen molar-refractivity contribution in [2.45, 2.75) is 13.3 Å². The fraction of sp³-hybridized carbons (Fsp3) is 0.273. The Bertz CT molecular complexity index is 410. The van der Waals surface area contributed by atoms with Crippen LogP contribution in [0.5, 0.6) is 0 Å². The molecule has 0 fully saturated rings. The number of carbonyl (C=O) groups is 1. The largest absolute Gasteiger partial charge is 0.351 e. The number of carbonyl (C=O) groups excluding carboxylic acids is 1. The molecule has 0 aliphatic carbocycles. The van der Waals surface area contributed by atoms with Gasteiger partial charge in [0.15, 0.2) is 0 Å². The van der Waals surface area contributed by atoms with Gasteiger partial charge in [-0.3, -0.25) is 4.79 Å². The van der Waals surface area contributed by atoms with Gasteiger partial charge in [-0.05, 0) is 19.1 Å². The van der Waals surface area contributed by atoms with Crippen molar-refractivity contribution >= 4 is 5.91 Å². The quantitative estimate of drug-likeness (QED) is 0.766. The number of nitrogens with zero attached hydrogens (tertiary/aromatic N) is 1. The van der Waals surface area contributed by atoms with Crippen LogP contribution in [0.4, 0.5) is 4.39 Å². The fourth-order valence-corrected chi connectivity index (χ4v) is 1.14. The van der Waals surface area contributed by atoms with Gasteiger partial charge in [0.2, 0.25) is 0 Å². The molecule has 0 saturated carbocycles. The standard InChI is InChI=1S/C11H11FN2O/c1-8-3-4-10(12)9(7-8)11(15)14-6-2-5-13/h3-4,7H,2,6H2,1H3,(H,14,15). The van der Waals surface area contributed by atoms with E-state index in [1.807, 2.05) is 6.07 Å². The van der Waals surface area contributed by atoms with Crippen molar-refractivity contribution in [2.24, 2.45) is 0 Å². The average molecular weight is 206 g/mol. The first-order chi connectivity index (χ1) is 7.15. The number of halogens is 1. The number of nitriles is 1. The molecule has 1 aromatic rings. The van der Waals surface area contributed by atoms with Gasteiger partial charge in [0.05, 0.1) is 18.1 Å². The summed E-state index contributed by atoms with van der Waals surface area (Å²) in [6, 6.07) is 6.23. The van der Waals surface area contributed by atoms with Gasteiger partial charge in [-0.15, -0.1) is 0 Å². The number of rotatable bonds is 3. The highest BCUT2D eigenvalue weighted by Gasteiger charge is 2.10. The highest BCUT2D eigenvalue weighted by molar-refractivity contribution is 5.94. The van der Waals surface area contributed by atoms with Crippen LogP contribution < -0.4 is 5.32 Å². The highest BCUT2D eigenvalue weighted by atomic mass is 19.1. The summed E-state index contributed by atoms with van der Waals surface area (Å²) >= 11 is 0. The summed E-state index contributed by atoms with van der Waals surface area (Å²) in [6.07, 6.45) is 0.221. The minimum absolute atomic E-state index is 0.0212. The Morgan fingerprint density at radius 3 is 3.00 bits per heavy atom. The maximum absolute atomic E-state index is 13.2. The van der Waals surface area contributed by atoms with Gasteiger partial charge < -0.3 is 5.32 Å². The molecule has 3 nitrogen and oxygen atoms in total. The Hall–Kier alpha value is -1.89. The molecule has 1 N–H and O–H groups in total. The predicted molar refractivity (Wildman–Crippen MR) is 53.7 cm³/mol. The van der Waals surface area contributed by atoms with Gasteiger partial charge in [-0.25, -0.2) is 4.39 Å². The topological polar surface area (TPSA) is 52.9 Å². The van der Waals surface area contributed by atoms with Crippen molar-refractivity contribution in [3.05, 3.63) is 35.1 Å². The van der Waals surface area contributed by atoms with Crippen LogP contribution in [0.3, 0.4) is 0 Å². The summed E-state index contributed by atoms with van der Waals surface area (Å²) < 4.78 is 13.2. The summed E-state index contributed by atoms with van der Waals surface area (Å²) in [6.45, 7) is 2.02. The van der Waals surface area contributed by atoms with Crippen molar-refractivity contribution < 1.29 is 9.18 Å². The van der Waals surface area contributed by atoms with Crippen LogP contribution in [0.1, 0.15) is 22.3 Å². The molecule has 0 heterocycles. The molecular weight excluding hydrogens is 195 g/mol. The van der Waals surface area contributed by atoms with Crippen molar-refractivity contribution in [2.75, 3.05) is 6.54 Å². The zero-order valence-corrected chi connectivity index (χ0v) is 8.38. The highest BCUT2D eigenvalue weighted by Crippen LogP contribution is 2.09. The average Bonchev–Trinajstić information content (AvgIpc) is 2.22. The lowest BCUT2D eigenvalue weighted by Gasteiger charge is -2.04. The van der Waals surface area contributed by atoms with E-state index < -0.39 is 11.7 Å². The van der Waals surface area contributed by atoms with Gasteiger partial charge in [0, 0.05) is 6.54 Å². The summed E-state index contributed by atoms with van der Waals surface area (Å²) in [5, 5.41) is 10.7. The molecular formula is C11H11FN2O. The zero-order chi connectivity index (χ0) is 11.3. The summed E-state index contributed by atoms with van der Waals surface area (Å²) in [7, 11) is 0. The van der Waals surface area contributed by atoms with E-state index in [-0.39, 0.29) is 18.5 Å². The second-order valence-electron chi connectivity index (χ2n) is 3.15. The Morgan fingerprint density at radius 1 is 1.60 bits per heavy atom. The maximum atomic E-state index is 13.2. The Balaban J connectivity index is 2.73. The molecule has 0 radical (unpaired) electrons. The van der Waals surface area contributed by atoms with E-state index in [0.717, 1.165) is 5.56 Å². The molecule has 0 bridgehead atoms. The molecule has 1 rings (SSSR count). The van der Waals surface area contributed by atoms with Crippen LogP contribution in [0, 0.1) is 24.1 Å². The lowest BCUT2D eigenvalue weighted by atomic mass is 10.1. The van der Waals surface area contributed by atoms with Crippen molar-refractivity contribution in [3.63, 3.8) is 0 Å². The zero-order valence-electron chi connectivity index (χ0n) is 8.38. The molecule has 0 saturated heterocycles. The van der Waals surface area contributed by atoms with Gasteiger partial charge in [0.25, 0.3) is 5.91 Å². The minimum Gasteiger partial charge on any atom is -0.351 e. The Labute approximate surface area is 87.5 Å². The molecule has 1 amide bonds. The molecule has 0 aliphatic rings. The first-order valence-corrected chi connectivity index (χ1v) is 4.56. The second-order valence-corrected chi connectivity index (χ2v) is 3.15. The molecule has 1 aromatic carbocycles. The number of aryl methyl sites for hydroxylation is 1. The summed E-state index contributed by atoms with van der Waals surface area (Å²) in [5.74, 6) is -1.03. The fourth-order valence-electron chi connectivity index (χ4n) is 1.14. The van der Waals surface area contributed by atoms with E-state index in [4.69, 9.17) is 5.26 Å². The van der Waals surface area contributed by atoms with Crippen molar-refractivity contribution in [3.8, 4) is 6.07 Å². The van der Waals surface area contributed by atoms with E-state index in [1.54, 1.807) is 13.0 Å². The normalized spacial score (nSPS) is 9.40. The van der Waals surface area contributed by atoms with Gasteiger partial charge in [0.1, 0.15) is 5.82 Å². The molecule has 78 valence electrons. The summed E-state index contributed by atoms with van der Waals surface area (Å²) in [5.41, 5.74) is 0.842. The van der Waals surface area contributed by atoms with Crippen LogP contribution in [0.2, 0.25) is 0 Å². The van der Waals surface area contributed by atoms with E-state index >= 15 is 0 Å². The molecule has 15 heavy (non-hydrogen) atoms. The first kappa shape index (κ1) is 11.2. The van der Waals surface area contributed by atoms with Crippen molar-refractivity contribution in [1.82, 2.24) is 5.32 Å². The van der Waals surface area contributed by atoms with Crippen molar-refractivity contribution in [1.29, 1.82) is 5.26 Å². The maximum Gasteiger partial charge on any atom is 0.254 e. The second kappa shape index (κ2) is 5.11. The van der Waals surface area contributed by atoms with E-state index in [2.05, 4.69) is 5.32 Å². The molecule has 0 spiro atoms. The third-order valence-corrected chi connectivity index (χ3v) is 1.89. The van der Waals surface area contributed by atoms with Crippen LogP contribution in [-0.4, -0.2) is 12.5 Å².